The van der Waals surface area contributed by atoms with Gasteiger partial charge in [0.1, 0.15) is 5.54 Å². The average Bonchev–Trinajstić information content (AvgIpc) is 2.97. The van der Waals surface area contributed by atoms with E-state index < -0.39 is 0 Å². The molecule has 4 nitrogen and oxygen atoms in total. The largest absolute Gasteiger partial charge is 0.306 e. The third-order valence-corrected chi connectivity index (χ3v) is 4.88. The number of nitrogens with zero attached hydrogens (tertiary/aromatic N) is 3. The Balaban J connectivity index is 1.84. The first-order chi connectivity index (χ1) is 9.08. The van der Waals surface area contributed by atoms with E-state index in [-0.39, 0.29) is 5.54 Å². The van der Waals surface area contributed by atoms with Crippen molar-refractivity contribution in [2.45, 2.75) is 44.2 Å². The molecule has 1 saturated heterocycles. The first-order valence-electron chi connectivity index (χ1n) is 7.63. The summed E-state index contributed by atoms with van der Waals surface area (Å²) in [5.74, 6) is 0.811. The van der Waals surface area contributed by atoms with Crippen molar-refractivity contribution in [3.8, 4) is 6.07 Å². The van der Waals surface area contributed by atoms with Gasteiger partial charge in [-0.05, 0) is 58.8 Å². The van der Waals surface area contributed by atoms with Crippen LogP contribution in [0.3, 0.4) is 0 Å². The highest BCUT2D eigenvalue weighted by Gasteiger charge is 2.40. The fourth-order valence-electron chi connectivity index (χ4n) is 3.77. The van der Waals surface area contributed by atoms with Gasteiger partial charge in [-0.25, -0.2) is 0 Å². The van der Waals surface area contributed by atoms with Crippen LogP contribution in [0.5, 0.6) is 0 Å². The number of rotatable bonds is 5. The maximum atomic E-state index is 9.43. The molecule has 2 rings (SSSR count). The molecule has 2 fully saturated rings. The minimum atomic E-state index is -0.264. The van der Waals surface area contributed by atoms with Gasteiger partial charge in [-0.3, -0.25) is 5.32 Å². The molecule has 1 heterocycles. The lowest BCUT2D eigenvalue weighted by molar-refractivity contribution is 0.202. The van der Waals surface area contributed by atoms with E-state index in [9.17, 15) is 5.26 Å². The zero-order valence-electron chi connectivity index (χ0n) is 12.7. The maximum Gasteiger partial charge on any atom is 0.108 e. The summed E-state index contributed by atoms with van der Waals surface area (Å²) in [5.41, 5.74) is -0.264. The van der Waals surface area contributed by atoms with E-state index in [0.717, 1.165) is 31.7 Å². The summed E-state index contributed by atoms with van der Waals surface area (Å²) < 4.78 is 0. The Morgan fingerprint density at radius 3 is 2.84 bits per heavy atom. The van der Waals surface area contributed by atoms with Gasteiger partial charge in [0, 0.05) is 19.1 Å². The van der Waals surface area contributed by atoms with Crippen molar-refractivity contribution in [3.05, 3.63) is 0 Å². The molecule has 1 saturated carbocycles. The first kappa shape index (κ1) is 14.8. The number of nitriles is 1. The number of hydrogen-bond donors (Lipinski definition) is 1. The third kappa shape index (κ3) is 3.47. The van der Waals surface area contributed by atoms with Gasteiger partial charge < -0.3 is 9.80 Å². The van der Waals surface area contributed by atoms with Gasteiger partial charge in [0.15, 0.2) is 0 Å². The summed E-state index contributed by atoms with van der Waals surface area (Å²) in [6.07, 6.45) is 4.46. The summed E-state index contributed by atoms with van der Waals surface area (Å²) in [6.45, 7) is 6.63. The molecule has 4 heteroatoms. The van der Waals surface area contributed by atoms with Crippen LogP contribution < -0.4 is 5.32 Å². The van der Waals surface area contributed by atoms with Gasteiger partial charge in [-0.2, -0.15) is 5.26 Å². The molecule has 1 N–H and O–H groups in total. The van der Waals surface area contributed by atoms with Crippen LogP contribution in [0.2, 0.25) is 0 Å². The van der Waals surface area contributed by atoms with Crippen molar-refractivity contribution >= 4 is 0 Å². The lowest BCUT2D eigenvalue weighted by atomic mass is 9.99. The van der Waals surface area contributed by atoms with Crippen molar-refractivity contribution in [3.63, 3.8) is 0 Å². The molecule has 0 radical (unpaired) electrons. The highest BCUT2D eigenvalue weighted by molar-refractivity contribution is 5.13. The molecular weight excluding hydrogens is 236 g/mol. The fourth-order valence-corrected chi connectivity index (χ4v) is 3.77. The van der Waals surface area contributed by atoms with Gasteiger partial charge >= 0.3 is 0 Å². The summed E-state index contributed by atoms with van der Waals surface area (Å²) in [6, 6.07) is 3.09. The molecule has 2 aliphatic rings. The van der Waals surface area contributed by atoms with Gasteiger partial charge in [0.2, 0.25) is 0 Å². The van der Waals surface area contributed by atoms with E-state index in [4.69, 9.17) is 0 Å². The predicted molar refractivity (Wildman–Crippen MR) is 77.9 cm³/mol. The summed E-state index contributed by atoms with van der Waals surface area (Å²) in [7, 11) is 4.45. The summed E-state index contributed by atoms with van der Waals surface area (Å²) in [4.78, 5) is 4.92. The second-order valence-corrected chi connectivity index (χ2v) is 6.48. The molecule has 108 valence electrons. The van der Waals surface area contributed by atoms with Gasteiger partial charge in [-0.1, -0.05) is 6.92 Å². The highest BCUT2D eigenvalue weighted by Crippen LogP contribution is 2.33. The van der Waals surface area contributed by atoms with E-state index in [1.165, 1.54) is 26.1 Å². The monoisotopic (exact) mass is 264 g/mol. The van der Waals surface area contributed by atoms with Crippen LogP contribution >= 0.6 is 0 Å². The quantitative estimate of drug-likeness (QED) is 0.812. The lowest BCUT2D eigenvalue weighted by Gasteiger charge is -2.28. The molecule has 1 aliphatic heterocycles. The van der Waals surface area contributed by atoms with Crippen LogP contribution in [0, 0.1) is 17.2 Å². The SMILES string of the molecule is CCNC1(C#N)CCC(N(C)CC2CCN(C)C2)C1. The second-order valence-electron chi connectivity index (χ2n) is 6.48. The van der Waals surface area contributed by atoms with Crippen LogP contribution in [-0.4, -0.2) is 61.7 Å². The molecule has 1 aliphatic carbocycles. The topological polar surface area (TPSA) is 42.3 Å². The Labute approximate surface area is 117 Å². The number of likely N-dealkylation sites (tertiary alicyclic amines) is 1. The standard InChI is InChI=1S/C15H28N4/c1-4-17-15(12-16)7-5-14(9-15)19(3)11-13-6-8-18(2)10-13/h13-14,17H,4-11H2,1-3H3. The first-order valence-corrected chi connectivity index (χ1v) is 7.63. The van der Waals surface area contributed by atoms with Crippen molar-refractivity contribution in [1.29, 1.82) is 5.26 Å². The predicted octanol–water partition coefficient (Wildman–Crippen LogP) is 1.29. The normalized spacial score (nSPS) is 35.9. The fraction of sp³-hybridized carbons (Fsp3) is 0.933. The summed E-state index contributed by atoms with van der Waals surface area (Å²) >= 11 is 0. The molecule has 3 atom stereocenters. The Morgan fingerprint density at radius 2 is 2.26 bits per heavy atom. The van der Waals surface area contributed by atoms with Crippen LogP contribution in [0.15, 0.2) is 0 Å². The smallest absolute Gasteiger partial charge is 0.108 e. The zero-order valence-corrected chi connectivity index (χ0v) is 12.7. The molecular formula is C15H28N4. The number of hydrogen-bond acceptors (Lipinski definition) is 4. The van der Waals surface area contributed by atoms with E-state index in [1.807, 2.05) is 0 Å². The Hall–Kier alpha value is -0.630. The second kappa shape index (κ2) is 6.21. The van der Waals surface area contributed by atoms with Crippen LogP contribution in [0.25, 0.3) is 0 Å². The molecule has 3 unspecified atom stereocenters. The van der Waals surface area contributed by atoms with Gasteiger partial charge in [0.05, 0.1) is 6.07 Å². The zero-order chi connectivity index (χ0) is 13.9. The molecule has 0 aromatic carbocycles. The van der Waals surface area contributed by atoms with E-state index in [1.54, 1.807) is 0 Å². The molecule has 0 aromatic heterocycles. The number of nitrogens with one attached hydrogen (secondary N) is 1. The molecule has 0 bridgehead atoms. The van der Waals surface area contributed by atoms with Crippen molar-refractivity contribution in [2.24, 2.45) is 5.92 Å². The highest BCUT2D eigenvalue weighted by atomic mass is 15.2. The molecule has 0 spiro atoms. The molecule has 0 aromatic rings. The van der Waals surface area contributed by atoms with Crippen molar-refractivity contribution in [2.75, 3.05) is 40.3 Å². The average molecular weight is 264 g/mol. The van der Waals surface area contributed by atoms with Crippen molar-refractivity contribution < 1.29 is 0 Å². The minimum absolute atomic E-state index is 0.264. The Morgan fingerprint density at radius 1 is 1.47 bits per heavy atom. The Kier molecular flexibility index (Phi) is 4.83. The molecule has 19 heavy (non-hydrogen) atoms. The lowest BCUT2D eigenvalue weighted by Crippen LogP contribution is -2.44. The van der Waals surface area contributed by atoms with E-state index in [2.05, 4.69) is 42.2 Å². The third-order valence-electron chi connectivity index (χ3n) is 4.88. The van der Waals surface area contributed by atoms with Gasteiger partial charge in [-0.15, -0.1) is 0 Å². The maximum absolute atomic E-state index is 9.43. The van der Waals surface area contributed by atoms with Gasteiger partial charge in [0.25, 0.3) is 0 Å². The van der Waals surface area contributed by atoms with Crippen LogP contribution in [0.4, 0.5) is 0 Å². The Bertz CT molecular complexity index is 338. The summed E-state index contributed by atoms with van der Waals surface area (Å²) in [5, 5.41) is 12.8. The van der Waals surface area contributed by atoms with E-state index in [0.29, 0.717) is 6.04 Å². The minimum Gasteiger partial charge on any atom is -0.306 e. The van der Waals surface area contributed by atoms with E-state index >= 15 is 0 Å². The van der Waals surface area contributed by atoms with Crippen LogP contribution in [0.1, 0.15) is 32.6 Å². The van der Waals surface area contributed by atoms with Crippen molar-refractivity contribution in [1.82, 2.24) is 15.1 Å². The molecule has 0 amide bonds. The van der Waals surface area contributed by atoms with Crippen LogP contribution in [-0.2, 0) is 0 Å².